The first-order valence-corrected chi connectivity index (χ1v) is 10.8. The number of aromatic hydroxyl groups is 1. The summed E-state index contributed by atoms with van der Waals surface area (Å²) in [6, 6.07) is 16.6. The first-order chi connectivity index (χ1) is 15.9. The van der Waals surface area contributed by atoms with Gasteiger partial charge in [-0.2, -0.15) is 0 Å². The Morgan fingerprint density at radius 2 is 1.88 bits per heavy atom. The van der Waals surface area contributed by atoms with E-state index in [1.807, 2.05) is 31.2 Å². The standard InChI is InChI=1S/C26H20ClNO5/c1-14-7-10-20-17(11-14)24(30)22-23(15-8-9-19(29)21(12-15)32-2)28(26(31)25(22)33-20)13-16-5-3-4-6-18(16)27/h3-12,23,29H,13H2,1-2H3/t23-/m0/s1. The predicted octanol–water partition coefficient (Wildman–Crippen LogP) is 5.21. The largest absolute Gasteiger partial charge is 0.504 e. The maximum Gasteiger partial charge on any atom is 0.291 e. The first kappa shape index (κ1) is 21.1. The summed E-state index contributed by atoms with van der Waals surface area (Å²) in [4.78, 5) is 28.8. The number of carbonyl (C=O) groups excluding carboxylic acids is 1. The topological polar surface area (TPSA) is 80.0 Å². The van der Waals surface area contributed by atoms with E-state index in [4.69, 9.17) is 20.8 Å². The summed E-state index contributed by atoms with van der Waals surface area (Å²) in [7, 11) is 1.44. The monoisotopic (exact) mass is 461 g/mol. The highest BCUT2D eigenvalue weighted by atomic mass is 35.5. The molecule has 0 bridgehead atoms. The molecule has 33 heavy (non-hydrogen) atoms. The van der Waals surface area contributed by atoms with Crippen LogP contribution in [0.2, 0.25) is 5.02 Å². The Morgan fingerprint density at radius 1 is 1.09 bits per heavy atom. The van der Waals surface area contributed by atoms with Crippen molar-refractivity contribution in [3.8, 4) is 11.5 Å². The molecule has 0 saturated carbocycles. The molecule has 5 rings (SSSR count). The SMILES string of the molecule is COc1cc([C@H]2c3c(oc4ccc(C)cc4c3=O)C(=O)N2Cc2ccccc2Cl)ccc1O. The third-order valence-corrected chi connectivity index (χ3v) is 6.31. The molecule has 0 fully saturated rings. The Morgan fingerprint density at radius 3 is 2.64 bits per heavy atom. The molecule has 0 radical (unpaired) electrons. The number of halogens is 1. The number of phenols is 1. The number of rotatable bonds is 4. The molecule has 4 aromatic rings. The highest BCUT2D eigenvalue weighted by Crippen LogP contribution is 2.41. The lowest BCUT2D eigenvalue weighted by Gasteiger charge is -2.26. The lowest BCUT2D eigenvalue weighted by molar-refractivity contribution is 0.0714. The number of amides is 1. The highest BCUT2D eigenvalue weighted by molar-refractivity contribution is 6.31. The molecule has 0 aliphatic carbocycles. The molecule has 2 heterocycles. The van der Waals surface area contributed by atoms with Crippen molar-refractivity contribution in [2.45, 2.75) is 19.5 Å². The van der Waals surface area contributed by atoms with E-state index in [0.717, 1.165) is 11.1 Å². The molecule has 6 nitrogen and oxygen atoms in total. The van der Waals surface area contributed by atoms with Gasteiger partial charge >= 0.3 is 0 Å². The van der Waals surface area contributed by atoms with E-state index < -0.39 is 11.9 Å². The highest BCUT2D eigenvalue weighted by Gasteiger charge is 2.43. The molecule has 1 aliphatic heterocycles. The second-order valence-corrected chi connectivity index (χ2v) is 8.44. The summed E-state index contributed by atoms with van der Waals surface area (Å²) >= 11 is 6.38. The van der Waals surface area contributed by atoms with Crippen LogP contribution in [0, 0.1) is 6.92 Å². The van der Waals surface area contributed by atoms with Crippen molar-refractivity contribution in [2.24, 2.45) is 0 Å². The van der Waals surface area contributed by atoms with Gasteiger partial charge in [0, 0.05) is 11.6 Å². The minimum Gasteiger partial charge on any atom is -0.504 e. The van der Waals surface area contributed by atoms with Crippen LogP contribution in [-0.4, -0.2) is 23.0 Å². The van der Waals surface area contributed by atoms with E-state index in [2.05, 4.69) is 0 Å². The zero-order valence-electron chi connectivity index (χ0n) is 18.0. The molecular weight excluding hydrogens is 442 g/mol. The molecule has 166 valence electrons. The van der Waals surface area contributed by atoms with Crippen LogP contribution in [0.1, 0.15) is 38.9 Å². The molecule has 1 aromatic heterocycles. The molecule has 0 spiro atoms. The van der Waals surface area contributed by atoms with Gasteiger partial charge in [0.15, 0.2) is 16.9 Å². The van der Waals surface area contributed by atoms with E-state index >= 15 is 0 Å². The number of nitrogens with zero attached hydrogens (tertiary/aromatic N) is 1. The van der Waals surface area contributed by atoms with Gasteiger partial charge in [-0.1, -0.05) is 47.5 Å². The van der Waals surface area contributed by atoms with Gasteiger partial charge < -0.3 is 19.2 Å². The van der Waals surface area contributed by atoms with E-state index in [1.54, 1.807) is 35.2 Å². The molecule has 7 heteroatoms. The fourth-order valence-corrected chi connectivity index (χ4v) is 4.51. The molecule has 0 unspecified atom stereocenters. The summed E-state index contributed by atoms with van der Waals surface area (Å²) in [6.45, 7) is 2.06. The number of aryl methyl sites for hydroxylation is 1. The number of hydrogen-bond acceptors (Lipinski definition) is 5. The van der Waals surface area contributed by atoms with Gasteiger partial charge in [-0.3, -0.25) is 9.59 Å². The average molecular weight is 462 g/mol. The summed E-state index contributed by atoms with van der Waals surface area (Å²) in [5.41, 5.74) is 2.63. The summed E-state index contributed by atoms with van der Waals surface area (Å²) < 4.78 is 11.3. The van der Waals surface area contributed by atoms with E-state index in [9.17, 15) is 14.7 Å². The molecule has 1 atom stereocenters. The number of hydrogen-bond donors (Lipinski definition) is 1. The van der Waals surface area contributed by atoms with E-state index in [-0.39, 0.29) is 34.8 Å². The van der Waals surface area contributed by atoms with Crippen molar-refractivity contribution in [1.82, 2.24) is 4.90 Å². The number of fused-ring (bicyclic) bond motifs is 2. The van der Waals surface area contributed by atoms with Gasteiger partial charge in [0.25, 0.3) is 5.91 Å². The Balaban J connectivity index is 1.76. The van der Waals surface area contributed by atoms with Crippen LogP contribution in [-0.2, 0) is 6.54 Å². The van der Waals surface area contributed by atoms with Gasteiger partial charge in [-0.05, 0) is 48.4 Å². The van der Waals surface area contributed by atoms with Crippen molar-refractivity contribution in [2.75, 3.05) is 7.11 Å². The summed E-state index contributed by atoms with van der Waals surface area (Å²) in [5, 5.41) is 11.0. The zero-order valence-corrected chi connectivity index (χ0v) is 18.7. The van der Waals surface area contributed by atoms with Crippen molar-refractivity contribution < 1.29 is 19.1 Å². The number of ether oxygens (including phenoxy) is 1. The summed E-state index contributed by atoms with van der Waals surface area (Å²) in [6.07, 6.45) is 0. The fourth-order valence-electron chi connectivity index (χ4n) is 4.32. The van der Waals surface area contributed by atoms with E-state index in [1.165, 1.54) is 13.2 Å². The van der Waals surface area contributed by atoms with Gasteiger partial charge in [0.05, 0.1) is 24.1 Å². The number of phenolic OH excluding ortho intramolecular Hbond substituents is 1. The fraction of sp³-hybridized carbons (Fsp3) is 0.154. The van der Waals surface area contributed by atoms with Crippen LogP contribution in [0.4, 0.5) is 0 Å². The van der Waals surface area contributed by atoms with Crippen molar-refractivity contribution in [3.63, 3.8) is 0 Å². The Hall–Kier alpha value is -3.77. The molecule has 1 aliphatic rings. The maximum atomic E-state index is 13.6. The number of methoxy groups -OCH3 is 1. The Kier molecular flexibility index (Phi) is 5.10. The van der Waals surface area contributed by atoms with Gasteiger partial charge in [0.2, 0.25) is 5.76 Å². The van der Waals surface area contributed by atoms with Gasteiger partial charge in [0.1, 0.15) is 5.58 Å². The van der Waals surface area contributed by atoms with Crippen LogP contribution in [0.5, 0.6) is 11.5 Å². The molecule has 1 N–H and O–H groups in total. The van der Waals surface area contributed by atoms with Gasteiger partial charge in [-0.15, -0.1) is 0 Å². The normalized spacial score (nSPS) is 15.2. The second-order valence-electron chi connectivity index (χ2n) is 8.03. The third-order valence-electron chi connectivity index (χ3n) is 5.94. The van der Waals surface area contributed by atoms with Crippen LogP contribution < -0.4 is 10.2 Å². The Bertz CT molecular complexity index is 1480. The van der Waals surface area contributed by atoms with Crippen LogP contribution in [0.3, 0.4) is 0 Å². The molecule has 0 saturated heterocycles. The maximum absolute atomic E-state index is 13.6. The van der Waals surface area contributed by atoms with Gasteiger partial charge in [-0.25, -0.2) is 0 Å². The molecule has 3 aromatic carbocycles. The first-order valence-electron chi connectivity index (χ1n) is 10.4. The third kappa shape index (κ3) is 3.43. The second kappa shape index (κ2) is 7.98. The lowest BCUT2D eigenvalue weighted by Crippen LogP contribution is -2.29. The van der Waals surface area contributed by atoms with Crippen LogP contribution in [0.15, 0.2) is 69.9 Å². The smallest absolute Gasteiger partial charge is 0.291 e. The minimum absolute atomic E-state index is 0.0143. The van der Waals surface area contributed by atoms with Crippen molar-refractivity contribution >= 4 is 28.5 Å². The Labute approximate surface area is 194 Å². The molecular formula is C26H20ClNO5. The number of benzene rings is 3. The average Bonchev–Trinajstić information content (AvgIpc) is 3.08. The number of carbonyl (C=O) groups is 1. The minimum atomic E-state index is -0.737. The van der Waals surface area contributed by atoms with Crippen molar-refractivity contribution in [1.29, 1.82) is 0 Å². The summed E-state index contributed by atoms with van der Waals surface area (Å²) in [5.74, 6) is -0.182. The quantitative estimate of drug-likeness (QED) is 0.451. The van der Waals surface area contributed by atoms with Crippen LogP contribution >= 0.6 is 11.6 Å². The van der Waals surface area contributed by atoms with E-state index in [0.29, 0.717) is 21.6 Å². The van der Waals surface area contributed by atoms with Crippen molar-refractivity contribution in [3.05, 3.63) is 104 Å². The predicted molar refractivity (Wildman–Crippen MR) is 125 cm³/mol. The zero-order chi connectivity index (χ0) is 23.3. The lowest BCUT2D eigenvalue weighted by atomic mass is 9.97. The van der Waals surface area contributed by atoms with Crippen LogP contribution in [0.25, 0.3) is 11.0 Å². The molecule has 1 amide bonds.